The summed E-state index contributed by atoms with van der Waals surface area (Å²) in [5.74, 6) is 0.0650. The third kappa shape index (κ3) is 4.03. The first-order chi connectivity index (χ1) is 10.8. The molecule has 0 aliphatic heterocycles. The molecular weight excluding hydrogens is 274 g/mol. The van der Waals surface area contributed by atoms with Crippen LogP contribution >= 0.6 is 0 Å². The molecule has 1 aromatic carbocycles. The van der Waals surface area contributed by atoms with Crippen molar-refractivity contribution in [1.29, 1.82) is 0 Å². The van der Waals surface area contributed by atoms with Crippen LogP contribution in [0.1, 0.15) is 50.6 Å². The minimum absolute atomic E-state index is 0.0650. The molecular formula is C18H23N3O. The quantitative estimate of drug-likeness (QED) is 0.944. The van der Waals surface area contributed by atoms with Gasteiger partial charge in [0.25, 0.3) is 0 Å². The summed E-state index contributed by atoms with van der Waals surface area (Å²) in [7, 11) is 0. The second-order valence-electron chi connectivity index (χ2n) is 6.14. The van der Waals surface area contributed by atoms with Crippen molar-refractivity contribution in [3.8, 4) is 0 Å². The van der Waals surface area contributed by atoms with Crippen LogP contribution in [0.3, 0.4) is 0 Å². The van der Waals surface area contributed by atoms with Gasteiger partial charge in [-0.25, -0.2) is 4.98 Å². The first-order valence-electron chi connectivity index (χ1n) is 8.31. The smallest absolute Gasteiger partial charge is 0.226 e. The summed E-state index contributed by atoms with van der Waals surface area (Å²) in [4.78, 5) is 21.1. The van der Waals surface area contributed by atoms with Crippen molar-refractivity contribution in [2.24, 2.45) is 0 Å². The van der Waals surface area contributed by atoms with E-state index in [1.165, 1.54) is 32.1 Å². The predicted octanol–water partition coefficient (Wildman–Crippen LogP) is 3.40. The van der Waals surface area contributed by atoms with Gasteiger partial charge in [0.2, 0.25) is 5.91 Å². The fourth-order valence-electron chi connectivity index (χ4n) is 3.12. The first kappa shape index (κ1) is 14.9. The number of carbonyl (C=O) groups is 1. The first-order valence-corrected chi connectivity index (χ1v) is 8.31. The molecule has 1 fully saturated rings. The van der Waals surface area contributed by atoms with Crippen molar-refractivity contribution in [3.05, 3.63) is 36.2 Å². The topological polar surface area (TPSA) is 54.9 Å². The van der Waals surface area contributed by atoms with Gasteiger partial charge in [0.1, 0.15) is 0 Å². The second kappa shape index (κ2) is 7.34. The van der Waals surface area contributed by atoms with Crippen molar-refractivity contribution >= 4 is 16.9 Å². The number of amides is 1. The predicted molar refractivity (Wildman–Crippen MR) is 87.5 cm³/mol. The van der Waals surface area contributed by atoms with Crippen LogP contribution in [0.25, 0.3) is 11.0 Å². The molecule has 116 valence electrons. The molecule has 1 aliphatic carbocycles. The average molecular weight is 297 g/mol. The van der Waals surface area contributed by atoms with Crippen molar-refractivity contribution in [3.63, 3.8) is 0 Å². The highest BCUT2D eigenvalue weighted by molar-refractivity contribution is 5.79. The van der Waals surface area contributed by atoms with Gasteiger partial charge in [0.15, 0.2) is 0 Å². The van der Waals surface area contributed by atoms with Crippen LogP contribution in [0.4, 0.5) is 0 Å². The normalized spacial score (nSPS) is 16.9. The molecule has 0 saturated heterocycles. The summed E-state index contributed by atoms with van der Waals surface area (Å²) in [5.41, 5.74) is 2.45. The molecule has 1 heterocycles. The van der Waals surface area contributed by atoms with Gasteiger partial charge in [-0.3, -0.25) is 9.78 Å². The number of fused-ring (bicyclic) bond motifs is 1. The van der Waals surface area contributed by atoms with Crippen molar-refractivity contribution in [2.75, 3.05) is 0 Å². The van der Waals surface area contributed by atoms with E-state index in [0.717, 1.165) is 29.6 Å². The lowest BCUT2D eigenvalue weighted by Crippen LogP contribution is -2.36. The van der Waals surface area contributed by atoms with Crippen LogP contribution in [0.2, 0.25) is 0 Å². The van der Waals surface area contributed by atoms with Gasteiger partial charge in [-0.2, -0.15) is 0 Å². The van der Waals surface area contributed by atoms with Gasteiger partial charge in [0, 0.05) is 12.2 Å². The Labute approximate surface area is 131 Å². The fraction of sp³-hybridized carbons (Fsp3) is 0.500. The lowest BCUT2D eigenvalue weighted by molar-refractivity contribution is -0.121. The van der Waals surface area contributed by atoms with E-state index < -0.39 is 0 Å². The molecule has 0 spiro atoms. The summed E-state index contributed by atoms with van der Waals surface area (Å²) in [6, 6.07) is 8.08. The monoisotopic (exact) mass is 297 g/mol. The van der Waals surface area contributed by atoms with Crippen LogP contribution in [0.5, 0.6) is 0 Å². The van der Waals surface area contributed by atoms with E-state index in [0.29, 0.717) is 12.5 Å². The van der Waals surface area contributed by atoms with E-state index in [9.17, 15) is 4.79 Å². The lowest BCUT2D eigenvalue weighted by atomic mass is 9.96. The Balaban J connectivity index is 1.59. The maximum absolute atomic E-state index is 12.2. The maximum atomic E-state index is 12.2. The van der Waals surface area contributed by atoms with Gasteiger partial charge in [-0.05, 0) is 25.0 Å². The van der Waals surface area contributed by atoms with Crippen LogP contribution < -0.4 is 5.32 Å². The van der Waals surface area contributed by atoms with E-state index in [2.05, 4.69) is 15.3 Å². The molecule has 2 aromatic rings. The zero-order valence-corrected chi connectivity index (χ0v) is 12.9. The van der Waals surface area contributed by atoms with Crippen LogP contribution in [0.15, 0.2) is 30.5 Å². The van der Waals surface area contributed by atoms with E-state index in [1.807, 2.05) is 24.3 Å². The Bertz CT molecular complexity index is 633. The minimum atomic E-state index is 0.0650. The molecule has 1 amide bonds. The number of hydrogen-bond acceptors (Lipinski definition) is 3. The Hall–Kier alpha value is -1.97. The lowest BCUT2D eigenvalue weighted by Gasteiger charge is -2.20. The molecule has 4 nitrogen and oxygen atoms in total. The van der Waals surface area contributed by atoms with Crippen LogP contribution in [-0.2, 0) is 11.2 Å². The van der Waals surface area contributed by atoms with Gasteiger partial charge >= 0.3 is 0 Å². The zero-order chi connectivity index (χ0) is 15.2. The molecule has 1 aromatic heterocycles. The summed E-state index contributed by atoms with van der Waals surface area (Å²) in [6.07, 6.45) is 10.6. The highest BCUT2D eigenvalue weighted by Gasteiger charge is 2.14. The number of benzene rings is 1. The largest absolute Gasteiger partial charge is 0.353 e. The average Bonchev–Trinajstić information content (AvgIpc) is 2.50. The van der Waals surface area contributed by atoms with Gasteiger partial charge in [0.05, 0.1) is 23.1 Å². The zero-order valence-electron chi connectivity index (χ0n) is 12.9. The molecule has 1 aliphatic rings. The standard InChI is InChI=1S/C18H23N3O/c22-18(21-14-8-4-2-1-3-5-9-14)12-15-13-19-16-10-6-7-11-17(16)20-15/h6-7,10-11,13-14H,1-5,8-9,12H2,(H,21,22). The molecule has 0 atom stereocenters. The van der Waals surface area contributed by atoms with Gasteiger partial charge in [-0.15, -0.1) is 0 Å². The van der Waals surface area contributed by atoms with E-state index in [-0.39, 0.29) is 5.91 Å². The highest BCUT2D eigenvalue weighted by Crippen LogP contribution is 2.17. The van der Waals surface area contributed by atoms with Gasteiger partial charge in [-0.1, -0.05) is 44.2 Å². The number of para-hydroxylation sites is 2. The summed E-state index contributed by atoms with van der Waals surface area (Å²) in [6.45, 7) is 0. The Kier molecular flexibility index (Phi) is 4.99. The van der Waals surface area contributed by atoms with Crippen molar-refractivity contribution in [1.82, 2.24) is 15.3 Å². The fourth-order valence-corrected chi connectivity index (χ4v) is 3.12. The summed E-state index contributed by atoms with van der Waals surface area (Å²) >= 11 is 0. The van der Waals surface area contributed by atoms with Crippen molar-refractivity contribution in [2.45, 2.75) is 57.4 Å². The van der Waals surface area contributed by atoms with E-state index in [4.69, 9.17) is 0 Å². The minimum Gasteiger partial charge on any atom is -0.353 e. The number of hydrogen-bond donors (Lipinski definition) is 1. The van der Waals surface area contributed by atoms with Crippen molar-refractivity contribution < 1.29 is 4.79 Å². The molecule has 22 heavy (non-hydrogen) atoms. The molecule has 0 radical (unpaired) electrons. The molecule has 1 saturated carbocycles. The van der Waals surface area contributed by atoms with E-state index >= 15 is 0 Å². The third-order valence-electron chi connectivity index (χ3n) is 4.31. The van der Waals surface area contributed by atoms with Crippen LogP contribution in [0, 0.1) is 0 Å². The highest BCUT2D eigenvalue weighted by atomic mass is 16.1. The molecule has 0 unspecified atom stereocenters. The Morgan fingerprint density at radius 2 is 1.73 bits per heavy atom. The summed E-state index contributed by atoms with van der Waals surface area (Å²) in [5, 5.41) is 3.18. The number of nitrogens with one attached hydrogen (secondary N) is 1. The van der Waals surface area contributed by atoms with Gasteiger partial charge < -0.3 is 5.32 Å². The molecule has 3 rings (SSSR count). The molecule has 1 N–H and O–H groups in total. The van der Waals surface area contributed by atoms with E-state index in [1.54, 1.807) is 6.20 Å². The van der Waals surface area contributed by atoms with Crippen LogP contribution in [-0.4, -0.2) is 21.9 Å². The number of carbonyl (C=O) groups excluding carboxylic acids is 1. The Morgan fingerprint density at radius 1 is 1.05 bits per heavy atom. The number of nitrogens with zero attached hydrogens (tertiary/aromatic N) is 2. The third-order valence-corrected chi connectivity index (χ3v) is 4.31. The summed E-state index contributed by atoms with van der Waals surface area (Å²) < 4.78 is 0. The second-order valence-corrected chi connectivity index (χ2v) is 6.14. The Morgan fingerprint density at radius 3 is 2.50 bits per heavy atom. The maximum Gasteiger partial charge on any atom is 0.226 e. The SMILES string of the molecule is O=C(Cc1cnc2ccccc2n1)NC1CCCCCCC1. The molecule has 0 bridgehead atoms. The number of rotatable bonds is 3. The molecule has 4 heteroatoms. The number of aromatic nitrogens is 2.